The maximum absolute atomic E-state index is 12.0. The highest BCUT2D eigenvalue weighted by Crippen LogP contribution is 2.27. The number of carbonyl (C=O) groups excluding carboxylic acids is 2. The van der Waals surface area contributed by atoms with E-state index in [9.17, 15) is 19.7 Å². The number of benzene rings is 2. The van der Waals surface area contributed by atoms with Gasteiger partial charge in [0.05, 0.1) is 11.3 Å². The van der Waals surface area contributed by atoms with Crippen LogP contribution in [0.4, 0.5) is 11.4 Å². The molecule has 0 saturated carbocycles. The van der Waals surface area contributed by atoms with Crippen molar-refractivity contribution in [2.75, 3.05) is 11.9 Å². The summed E-state index contributed by atoms with van der Waals surface area (Å²) in [5.74, 6) is -1.17. The van der Waals surface area contributed by atoms with Gasteiger partial charge in [0, 0.05) is 6.07 Å². The van der Waals surface area contributed by atoms with E-state index in [2.05, 4.69) is 5.32 Å². The second kappa shape index (κ2) is 8.44. The zero-order valence-electron chi connectivity index (χ0n) is 15.8. The minimum absolute atomic E-state index is 0.0538. The number of nitrogens with zero attached hydrogens (tertiary/aromatic N) is 1. The monoisotopic (exact) mass is 370 g/mol. The number of nitro benzene ring substituents is 1. The molecule has 1 amide bonds. The minimum Gasteiger partial charge on any atom is -0.455 e. The highest BCUT2D eigenvalue weighted by atomic mass is 16.6. The third-order valence-electron chi connectivity index (χ3n) is 4.37. The van der Waals surface area contributed by atoms with Crippen molar-refractivity contribution in [3.8, 4) is 0 Å². The summed E-state index contributed by atoms with van der Waals surface area (Å²) in [7, 11) is 0. The number of carbonyl (C=O) groups is 2. The van der Waals surface area contributed by atoms with Crippen LogP contribution in [0.25, 0.3) is 0 Å². The molecule has 0 aliphatic rings. The number of esters is 1. The number of amides is 1. The predicted octanol–water partition coefficient (Wildman–Crippen LogP) is 3.55. The molecule has 2 rings (SSSR count). The van der Waals surface area contributed by atoms with Gasteiger partial charge in [0.25, 0.3) is 11.6 Å². The van der Waals surface area contributed by atoms with Gasteiger partial charge in [-0.3, -0.25) is 19.7 Å². The van der Waals surface area contributed by atoms with Gasteiger partial charge in [-0.15, -0.1) is 0 Å². The third-order valence-corrected chi connectivity index (χ3v) is 4.37. The predicted molar refractivity (Wildman–Crippen MR) is 102 cm³/mol. The van der Waals surface area contributed by atoms with Crippen LogP contribution in [0, 0.1) is 37.8 Å². The van der Waals surface area contributed by atoms with Crippen molar-refractivity contribution in [3.05, 3.63) is 68.3 Å². The molecule has 0 spiro atoms. The Bertz CT molecular complexity index is 905. The van der Waals surface area contributed by atoms with E-state index in [1.807, 2.05) is 32.0 Å². The fourth-order valence-electron chi connectivity index (χ4n) is 2.52. The first-order valence-electron chi connectivity index (χ1n) is 8.44. The number of aryl methyl sites for hydroxylation is 4. The van der Waals surface area contributed by atoms with Gasteiger partial charge >= 0.3 is 5.97 Å². The Hall–Kier alpha value is -3.22. The summed E-state index contributed by atoms with van der Waals surface area (Å²) in [6.07, 6.45) is 0.0538. The molecule has 7 heteroatoms. The van der Waals surface area contributed by atoms with Gasteiger partial charge in [0.1, 0.15) is 5.69 Å². The summed E-state index contributed by atoms with van der Waals surface area (Å²) >= 11 is 0. The van der Waals surface area contributed by atoms with E-state index in [-0.39, 0.29) is 17.8 Å². The number of nitrogens with one attached hydrogen (secondary N) is 1. The molecule has 0 atom stereocenters. The normalized spacial score (nSPS) is 10.4. The van der Waals surface area contributed by atoms with Gasteiger partial charge in [-0.1, -0.05) is 18.2 Å². The van der Waals surface area contributed by atoms with Crippen molar-refractivity contribution < 1.29 is 19.2 Å². The molecular weight excluding hydrogens is 348 g/mol. The Kier molecular flexibility index (Phi) is 6.28. The zero-order valence-corrected chi connectivity index (χ0v) is 15.8. The first kappa shape index (κ1) is 20.1. The number of rotatable bonds is 6. The first-order chi connectivity index (χ1) is 12.7. The lowest BCUT2D eigenvalue weighted by molar-refractivity contribution is -0.384. The highest BCUT2D eigenvalue weighted by Gasteiger charge is 2.18. The molecule has 0 heterocycles. The van der Waals surface area contributed by atoms with Crippen LogP contribution < -0.4 is 5.32 Å². The van der Waals surface area contributed by atoms with Crippen LogP contribution in [-0.4, -0.2) is 23.4 Å². The van der Waals surface area contributed by atoms with Crippen LogP contribution >= 0.6 is 0 Å². The van der Waals surface area contributed by atoms with E-state index in [4.69, 9.17) is 4.74 Å². The van der Waals surface area contributed by atoms with Crippen molar-refractivity contribution in [1.29, 1.82) is 0 Å². The maximum atomic E-state index is 12.0. The molecule has 27 heavy (non-hydrogen) atoms. The van der Waals surface area contributed by atoms with Crippen LogP contribution in [0.15, 0.2) is 30.3 Å². The van der Waals surface area contributed by atoms with Crippen LogP contribution in [0.5, 0.6) is 0 Å². The molecular formula is C20H22N2O5. The molecule has 0 aliphatic heterocycles. The van der Waals surface area contributed by atoms with Crippen LogP contribution in [0.3, 0.4) is 0 Å². The molecule has 0 aliphatic carbocycles. The third kappa shape index (κ3) is 5.37. The quantitative estimate of drug-likeness (QED) is 0.476. The van der Waals surface area contributed by atoms with Gasteiger partial charge in [0.15, 0.2) is 6.61 Å². The molecule has 0 saturated heterocycles. The Morgan fingerprint density at radius 3 is 2.26 bits per heavy atom. The second-order valence-electron chi connectivity index (χ2n) is 6.51. The highest BCUT2D eigenvalue weighted by molar-refractivity contribution is 5.95. The summed E-state index contributed by atoms with van der Waals surface area (Å²) in [6.45, 7) is 6.97. The molecule has 2 aromatic carbocycles. The first-order valence-corrected chi connectivity index (χ1v) is 8.44. The summed E-state index contributed by atoms with van der Waals surface area (Å²) < 4.78 is 4.98. The van der Waals surface area contributed by atoms with Crippen LogP contribution in [0.1, 0.15) is 27.8 Å². The molecule has 142 valence electrons. The van der Waals surface area contributed by atoms with Gasteiger partial charge < -0.3 is 10.1 Å². The molecule has 0 fully saturated rings. The fraction of sp³-hybridized carbons (Fsp3) is 0.300. The number of hydrogen-bond donors (Lipinski definition) is 1. The lowest BCUT2D eigenvalue weighted by atomic mass is 10.0. The SMILES string of the molecule is Cc1ccc(CC(=O)OCC(=O)Nc2cc(C)c(C)cc2[N+](=O)[O-])cc1C. The summed E-state index contributed by atoms with van der Waals surface area (Å²) in [6, 6.07) is 8.58. The molecule has 0 unspecified atom stereocenters. The number of hydrogen-bond acceptors (Lipinski definition) is 5. The number of anilines is 1. The topological polar surface area (TPSA) is 98.5 Å². The fourth-order valence-corrected chi connectivity index (χ4v) is 2.52. The van der Waals surface area contributed by atoms with E-state index in [1.54, 1.807) is 13.8 Å². The Morgan fingerprint density at radius 2 is 1.63 bits per heavy atom. The van der Waals surface area contributed by atoms with E-state index < -0.39 is 23.4 Å². The van der Waals surface area contributed by atoms with Crippen molar-refractivity contribution in [2.45, 2.75) is 34.1 Å². The van der Waals surface area contributed by atoms with Crippen molar-refractivity contribution >= 4 is 23.3 Å². The lowest BCUT2D eigenvalue weighted by Crippen LogP contribution is -2.22. The summed E-state index contributed by atoms with van der Waals surface area (Å²) in [4.78, 5) is 34.6. The Morgan fingerprint density at radius 1 is 1.00 bits per heavy atom. The van der Waals surface area contributed by atoms with E-state index in [0.717, 1.165) is 27.8 Å². The summed E-state index contributed by atoms with van der Waals surface area (Å²) in [5, 5.41) is 13.6. The van der Waals surface area contributed by atoms with Gasteiger partial charge in [-0.05, 0) is 61.6 Å². The Balaban J connectivity index is 1.96. The minimum atomic E-state index is -0.630. The van der Waals surface area contributed by atoms with Crippen LogP contribution in [0.2, 0.25) is 0 Å². The average molecular weight is 370 g/mol. The molecule has 2 aromatic rings. The molecule has 1 N–H and O–H groups in total. The van der Waals surface area contributed by atoms with Gasteiger partial charge in [-0.25, -0.2) is 0 Å². The standard InChI is InChI=1S/C20H22N2O5/c1-12-5-6-16(7-13(12)2)10-20(24)27-11-19(23)21-17-8-14(3)15(4)9-18(17)22(25)26/h5-9H,10-11H2,1-4H3,(H,21,23). The van der Waals surface area contributed by atoms with E-state index in [0.29, 0.717) is 0 Å². The lowest BCUT2D eigenvalue weighted by Gasteiger charge is -2.10. The summed E-state index contributed by atoms with van der Waals surface area (Å²) in [5.41, 5.74) is 4.43. The van der Waals surface area contributed by atoms with E-state index >= 15 is 0 Å². The number of nitro groups is 1. The molecule has 0 bridgehead atoms. The molecule has 0 radical (unpaired) electrons. The van der Waals surface area contributed by atoms with E-state index in [1.165, 1.54) is 12.1 Å². The van der Waals surface area contributed by atoms with Crippen molar-refractivity contribution in [1.82, 2.24) is 0 Å². The second-order valence-corrected chi connectivity index (χ2v) is 6.51. The molecule has 0 aromatic heterocycles. The maximum Gasteiger partial charge on any atom is 0.310 e. The average Bonchev–Trinajstić information content (AvgIpc) is 2.59. The smallest absolute Gasteiger partial charge is 0.310 e. The van der Waals surface area contributed by atoms with Crippen LogP contribution in [-0.2, 0) is 20.7 Å². The number of ether oxygens (including phenoxy) is 1. The van der Waals surface area contributed by atoms with Gasteiger partial charge in [0.2, 0.25) is 0 Å². The molecule has 7 nitrogen and oxygen atoms in total. The van der Waals surface area contributed by atoms with Gasteiger partial charge in [-0.2, -0.15) is 0 Å². The van der Waals surface area contributed by atoms with Crippen molar-refractivity contribution in [2.24, 2.45) is 0 Å². The zero-order chi connectivity index (χ0) is 20.1. The van der Waals surface area contributed by atoms with Crippen molar-refractivity contribution in [3.63, 3.8) is 0 Å². The Labute approximate surface area is 157 Å². The largest absolute Gasteiger partial charge is 0.455 e.